The Bertz CT molecular complexity index is 460. The molecule has 0 aromatic heterocycles. The third-order valence-electron chi connectivity index (χ3n) is 4.13. The number of aryl methyl sites for hydroxylation is 1. The minimum Gasteiger partial charge on any atom is -0.286 e. The van der Waals surface area contributed by atoms with Gasteiger partial charge in [0.25, 0.3) is 0 Å². The van der Waals surface area contributed by atoms with Gasteiger partial charge < -0.3 is 0 Å². The Morgan fingerprint density at radius 3 is 2.58 bits per heavy atom. The van der Waals surface area contributed by atoms with Crippen LogP contribution in [0, 0.1) is 11.3 Å². The predicted octanol–water partition coefficient (Wildman–Crippen LogP) is 4.04. The van der Waals surface area contributed by atoms with Crippen LogP contribution in [0.5, 0.6) is 0 Å². The van der Waals surface area contributed by atoms with Gasteiger partial charge in [-0.25, -0.2) is 0 Å². The van der Waals surface area contributed by atoms with E-state index in [0.29, 0.717) is 0 Å². The summed E-state index contributed by atoms with van der Waals surface area (Å²) in [6, 6.07) is 10.4. The number of piperidine rings is 1. The van der Waals surface area contributed by atoms with Crippen molar-refractivity contribution in [1.29, 1.82) is 5.26 Å². The SMILES string of the molecule is CC(C#N)(CCc1ccccc1Cl)N1CCCCC1. The summed E-state index contributed by atoms with van der Waals surface area (Å²) in [6.45, 7) is 4.16. The van der Waals surface area contributed by atoms with E-state index in [0.717, 1.165) is 36.5 Å². The Balaban J connectivity index is 2.02. The summed E-state index contributed by atoms with van der Waals surface area (Å²) < 4.78 is 0. The second kappa shape index (κ2) is 6.41. The van der Waals surface area contributed by atoms with Gasteiger partial charge in [-0.3, -0.25) is 4.90 Å². The van der Waals surface area contributed by atoms with Gasteiger partial charge in [-0.15, -0.1) is 0 Å². The largest absolute Gasteiger partial charge is 0.286 e. The van der Waals surface area contributed by atoms with E-state index < -0.39 is 0 Å². The number of nitriles is 1. The highest BCUT2D eigenvalue weighted by atomic mass is 35.5. The fraction of sp³-hybridized carbons (Fsp3) is 0.562. The molecule has 1 aromatic rings. The van der Waals surface area contributed by atoms with Crippen molar-refractivity contribution in [3.8, 4) is 6.07 Å². The molecule has 19 heavy (non-hydrogen) atoms. The van der Waals surface area contributed by atoms with Crippen LogP contribution in [-0.4, -0.2) is 23.5 Å². The maximum Gasteiger partial charge on any atom is 0.106 e. The van der Waals surface area contributed by atoms with E-state index in [1.165, 1.54) is 19.3 Å². The highest BCUT2D eigenvalue weighted by Crippen LogP contribution is 2.27. The van der Waals surface area contributed by atoms with Crippen molar-refractivity contribution in [3.05, 3.63) is 34.9 Å². The zero-order valence-electron chi connectivity index (χ0n) is 11.5. The predicted molar refractivity (Wildman–Crippen MR) is 79.2 cm³/mol. The van der Waals surface area contributed by atoms with E-state index in [9.17, 15) is 5.26 Å². The summed E-state index contributed by atoms with van der Waals surface area (Å²) in [5.41, 5.74) is 0.780. The van der Waals surface area contributed by atoms with E-state index >= 15 is 0 Å². The first-order valence-corrected chi connectivity index (χ1v) is 7.43. The number of halogens is 1. The fourth-order valence-corrected chi connectivity index (χ4v) is 2.98. The second-order valence-corrected chi connectivity index (χ2v) is 5.93. The molecule has 0 radical (unpaired) electrons. The van der Waals surface area contributed by atoms with Crippen LogP contribution >= 0.6 is 11.6 Å². The molecule has 1 aliphatic heterocycles. The monoisotopic (exact) mass is 276 g/mol. The van der Waals surface area contributed by atoms with Crippen LogP contribution in [0.1, 0.15) is 38.2 Å². The molecule has 102 valence electrons. The third-order valence-corrected chi connectivity index (χ3v) is 4.50. The van der Waals surface area contributed by atoms with E-state index in [-0.39, 0.29) is 5.54 Å². The van der Waals surface area contributed by atoms with Crippen molar-refractivity contribution in [2.24, 2.45) is 0 Å². The maximum atomic E-state index is 9.56. The van der Waals surface area contributed by atoms with Gasteiger partial charge in [0.15, 0.2) is 0 Å². The minimum absolute atomic E-state index is 0.362. The molecule has 0 N–H and O–H groups in total. The molecule has 1 saturated heterocycles. The molecule has 1 aromatic carbocycles. The highest BCUT2D eigenvalue weighted by Gasteiger charge is 2.32. The molecule has 1 atom stereocenters. The molecule has 0 amide bonds. The van der Waals surface area contributed by atoms with E-state index in [1.54, 1.807) is 0 Å². The van der Waals surface area contributed by atoms with E-state index in [1.807, 2.05) is 18.2 Å². The lowest BCUT2D eigenvalue weighted by Crippen LogP contribution is -2.48. The van der Waals surface area contributed by atoms with E-state index in [4.69, 9.17) is 11.6 Å². The Hall–Kier alpha value is -1.04. The Morgan fingerprint density at radius 1 is 1.26 bits per heavy atom. The molecule has 0 spiro atoms. The molecule has 1 fully saturated rings. The molecular weight excluding hydrogens is 256 g/mol. The first-order valence-electron chi connectivity index (χ1n) is 7.05. The quantitative estimate of drug-likeness (QED) is 0.830. The van der Waals surface area contributed by atoms with Gasteiger partial charge in [0.05, 0.1) is 6.07 Å². The number of rotatable bonds is 4. The Labute approximate surface area is 121 Å². The molecule has 3 heteroatoms. The fourth-order valence-electron chi connectivity index (χ4n) is 2.75. The summed E-state index contributed by atoms with van der Waals surface area (Å²) in [5, 5.41) is 10.4. The van der Waals surface area contributed by atoms with Gasteiger partial charge in [0.1, 0.15) is 5.54 Å². The van der Waals surface area contributed by atoms with Gasteiger partial charge >= 0.3 is 0 Å². The van der Waals surface area contributed by atoms with Crippen LogP contribution in [0.15, 0.2) is 24.3 Å². The standard InChI is InChI=1S/C16H21ClN2/c1-16(13-18,19-11-5-2-6-12-19)10-9-14-7-3-4-8-15(14)17/h3-4,7-8H,2,5-6,9-12H2,1H3. The Kier molecular flexibility index (Phi) is 4.85. The molecule has 0 aliphatic carbocycles. The molecular formula is C16H21ClN2. The molecule has 2 rings (SSSR count). The van der Waals surface area contributed by atoms with Crippen molar-refractivity contribution in [1.82, 2.24) is 4.90 Å². The molecule has 0 saturated carbocycles. The smallest absolute Gasteiger partial charge is 0.106 e. The van der Waals surface area contributed by atoms with Gasteiger partial charge in [-0.2, -0.15) is 5.26 Å². The summed E-state index contributed by atoms with van der Waals surface area (Å²) in [5.74, 6) is 0. The van der Waals surface area contributed by atoms with Crippen LogP contribution < -0.4 is 0 Å². The molecule has 1 heterocycles. The molecule has 0 bridgehead atoms. The summed E-state index contributed by atoms with van der Waals surface area (Å²) in [4.78, 5) is 2.34. The van der Waals surface area contributed by atoms with Crippen molar-refractivity contribution in [2.45, 2.75) is 44.6 Å². The summed E-state index contributed by atoms with van der Waals surface area (Å²) in [7, 11) is 0. The number of benzene rings is 1. The summed E-state index contributed by atoms with van der Waals surface area (Å²) in [6.07, 6.45) is 5.42. The molecule has 2 nitrogen and oxygen atoms in total. The van der Waals surface area contributed by atoms with Gasteiger partial charge in [0.2, 0.25) is 0 Å². The van der Waals surface area contributed by atoms with Crippen molar-refractivity contribution < 1.29 is 0 Å². The first-order chi connectivity index (χ1) is 9.15. The highest BCUT2D eigenvalue weighted by molar-refractivity contribution is 6.31. The van der Waals surface area contributed by atoms with Gasteiger partial charge in [-0.05, 0) is 57.3 Å². The molecule has 1 unspecified atom stereocenters. The number of hydrogen-bond donors (Lipinski definition) is 0. The van der Waals surface area contributed by atoms with Crippen molar-refractivity contribution in [3.63, 3.8) is 0 Å². The van der Waals surface area contributed by atoms with Crippen LogP contribution in [0.4, 0.5) is 0 Å². The molecule has 1 aliphatic rings. The average molecular weight is 277 g/mol. The maximum absolute atomic E-state index is 9.56. The third kappa shape index (κ3) is 3.49. The minimum atomic E-state index is -0.362. The second-order valence-electron chi connectivity index (χ2n) is 5.52. The Morgan fingerprint density at radius 2 is 1.95 bits per heavy atom. The van der Waals surface area contributed by atoms with Crippen LogP contribution in [0.25, 0.3) is 0 Å². The van der Waals surface area contributed by atoms with Crippen molar-refractivity contribution in [2.75, 3.05) is 13.1 Å². The lowest BCUT2D eigenvalue weighted by atomic mass is 9.91. The van der Waals surface area contributed by atoms with Gasteiger partial charge in [0, 0.05) is 5.02 Å². The average Bonchev–Trinajstić information content (AvgIpc) is 2.47. The number of hydrogen-bond acceptors (Lipinski definition) is 2. The van der Waals surface area contributed by atoms with E-state index in [2.05, 4.69) is 24.0 Å². The lowest BCUT2D eigenvalue weighted by molar-refractivity contribution is 0.117. The van der Waals surface area contributed by atoms with Crippen molar-refractivity contribution >= 4 is 11.6 Å². The number of nitrogens with zero attached hydrogens (tertiary/aromatic N) is 2. The summed E-state index contributed by atoms with van der Waals surface area (Å²) >= 11 is 6.19. The zero-order chi connectivity index (χ0) is 13.7. The first kappa shape index (κ1) is 14.4. The van der Waals surface area contributed by atoms with Gasteiger partial charge in [-0.1, -0.05) is 36.2 Å². The lowest BCUT2D eigenvalue weighted by Gasteiger charge is -2.38. The number of likely N-dealkylation sites (tertiary alicyclic amines) is 1. The van der Waals surface area contributed by atoms with Crippen LogP contribution in [0.2, 0.25) is 5.02 Å². The topological polar surface area (TPSA) is 27.0 Å². The normalized spacial score (nSPS) is 19.6. The zero-order valence-corrected chi connectivity index (χ0v) is 12.3. The van der Waals surface area contributed by atoms with Crippen LogP contribution in [-0.2, 0) is 6.42 Å². The van der Waals surface area contributed by atoms with Crippen LogP contribution in [0.3, 0.4) is 0 Å².